The van der Waals surface area contributed by atoms with Crippen LogP contribution in [0.3, 0.4) is 0 Å². The Morgan fingerprint density at radius 3 is 1.86 bits per heavy atom. The predicted octanol–water partition coefficient (Wildman–Crippen LogP) is 0.489. The summed E-state index contributed by atoms with van der Waals surface area (Å²) >= 11 is 0. The maximum absolute atomic E-state index is 10.6. The van der Waals surface area contributed by atoms with E-state index in [1.165, 1.54) is 20.8 Å². The smallest absolute Gasteiger partial charge is 0.333 e. The molecule has 0 bridgehead atoms. The zero-order valence-corrected chi connectivity index (χ0v) is 8.31. The van der Waals surface area contributed by atoms with Crippen LogP contribution in [0.5, 0.6) is 0 Å². The van der Waals surface area contributed by atoms with E-state index in [-0.39, 0.29) is 5.57 Å². The van der Waals surface area contributed by atoms with E-state index < -0.39 is 24.0 Å². The van der Waals surface area contributed by atoms with Crippen LogP contribution in [0.25, 0.3) is 0 Å². The normalized spacial score (nSPS) is 16.9. The SMILES string of the molecule is CC(C(=O)O)=C(C)C(C)C(O)C(=O)O. The van der Waals surface area contributed by atoms with Gasteiger partial charge in [-0.2, -0.15) is 0 Å². The molecule has 2 unspecified atom stereocenters. The van der Waals surface area contributed by atoms with Gasteiger partial charge in [0, 0.05) is 11.5 Å². The Labute approximate surface area is 81.7 Å². The van der Waals surface area contributed by atoms with E-state index in [0.717, 1.165) is 0 Å². The first kappa shape index (κ1) is 12.6. The number of carbonyl (C=O) groups is 2. The summed E-state index contributed by atoms with van der Waals surface area (Å²) in [6.45, 7) is 4.35. The fraction of sp³-hybridized carbons (Fsp3) is 0.556. The van der Waals surface area contributed by atoms with E-state index in [1.54, 1.807) is 0 Å². The number of hydrogen-bond acceptors (Lipinski definition) is 3. The molecule has 14 heavy (non-hydrogen) atoms. The number of aliphatic hydroxyl groups excluding tert-OH is 1. The fourth-order valence-electron chi connectivity index (χ4n) is 0.961. The van der Waals surface area contributed by atoms with Gasteiger partial charge in [0.15, 0.2) is 6.10 Å². The van der Waals surface area contributed by atoms with Crippen LogP contribution in [-0.2, 0) is 9.59 Å². The van der Waals surface area contributed by atoms with Crippen LogP contribution in [0.4, 0.5) is 0 Å². The summed E-state index contributed by atoms with van der Waals surface area (Å²) in [6, 6.07) is 0. The molecule has 0 radical (unpaired) electrons. The minimum Gasteiger partial charge on any atom is -0.479 e. The number of carboxylic acid groups (broad SMARTS) is 2. The van der Waals surface area contributed by atoms with E-state index in [2.05, 4.69) is 0 Å². The molecule has 0 aromatic heterocycles. The van der Waals surface area contributed by atoms with Crippen molar-refractivity contribution in [2.24, 2.45) is 5.92 Å². The molecule has 0 saturated heterocycles. The number of rotatable bonds is 4. The molecule has 0 fully saturated rings. The van der Waals surface area contributed by atoms with Crippen molar-refractivity contribution >= 4 is 11.9 Å². The molecule has 0 aliphatic heterocycles. The van der Waals surface area contributed by atoms with Crippen molar-refractivity contribution in [1.82, 2.24) is 0 Å². The highest BCUT2D eigenvalue weighted by molar-refractivity contribution is 5.87. The van der Waals surface area contributed by atoms with E-state index in [0.29, 0.717) is 5.57 Å². The highest BCUT2D eigenvalue weighted by Crippen LogP contribution is 2.18. The van der Waals surface area contributed by atoms with Gasteiger partial charge in [-0.25, -0.2) is 9.59 Å². The Morgan fingerprint density at radius 1 is 1.14 bits per heavy atom. The summed E-state index contributed by atoms with van der Waals surface area (Å²) in [4.78, 5) is 21.0. The van der Waals surface area contributed by atoms with Crippen LogP contribution >= 0.6 is 0 Å². The maximum atomic E-state index is 10.6. The third-order valence-corrected chi connectivity index (χ3v) is 2.32. The monoisotopic (exact) mass is 202 g/mol. The van der Waals surface area contributed by atoms with Crippen LogP contribution in [0.2, 0.25) is 0 Å². The lowest BCUT2D eigenvalue weighted by Crippen LogP contribution is -2.28. The average molecular weight is 202 g/mol. The van der Waals surface area contributed by atoms with Crippen molar-refractivity contribution in [3.05, 3.63) is 11.1 Å². The molecule has 2 atom stereocenters. The molecule has 0 spiro atoms. The molecule has 0 rings (SSSR count). The minimum atomic E-state index is -1.57. The van der Waals surface area contributed by atoms with Gasteiger partial charge in [0.2, 0.25) is 0 Å². The first-order chi connectivity index (χ1) is 6.29. The topological polar surface area (TPSA) is 94.8 Å². The first-order valence-corrected chi connectivity index (χ1v) is 4.10. The molecule has 0 aliphatic carbocycles. The maximum Gasteiger partial charge on any atom is 0.333 e. The van der Waals surface area contributed by atoms with Crippen molar-refractivity contribution < 1.29 is 24.9 Å². The molecule has 5 heteroatoms. The van der Waals surface area contributed by atoms with E-state index >= 15 is 0 Å². The molecule has 0 aromatic carbocycles. The molecule has 0 aromatic rings. The largest absolute Gasteiger partial charge is 0.479 e. The standard InChI is InChI=1S/C9H14O5/c1-4(6(3)8(11)12)5(2)7(10)9(13)14/h5,7,10H,1-3H3,(H,11,12)(H,13,14). The second-order valence-electron chi connectivity index (χ2n) is 3.18. The Hall–Kier alpha value is -1.36. The van der Waals surface area contributed by atoms with Crippen LogP contribution in [0, 0.1) is 5.92 Å². The molecule has 0 aliphatic rings. The van der Waals surface area contributed by atoms with Gasteiger partial charge in [-0.15, -0.1) is 0 Å². The third kappa shape index (κ3) is 2.85. The van der Waals surface area contributed by atoms with Crippen molar-refractivity contribution in [1.29, 1.82) is 0 Å². The van der Waals surface area contributed by atoms with Crippen LogP contribution in [0.15, 0.2) is 11.1 Å². The highest BCUT2D eigenvalue weighted by Gasteiger charge is 2.24. The van der Waals surface area contributed by atoms with Gasteiger partial charge in [0.05, 0.1) is 0 Å². The lowest BCUT2D eigenvalue weighted by molar-refractivity contribution is -0.148. The lowest BCUT2D eigenvalue weighted by atomic mass is 9.93. The van der Waals surface area contributed by atoms with Gasteiger partial charge in [0.25, 0.3) is 0 Å². The summed E-state index contributed by atoms with van der Waals surface area (Å²) in [5.41, 5.74) is 0.435. The van der Waals surface area contributed by atoms with Gasteiger partial charge in [-0.1, -0.05) is 12.5 Å². The zero-order chi connectivity index (χ0) is 11.5. The molecule has 0 amide bonds. The van der Waals surface area contributed by atoms with Crippen molar-refractivity contribution in [2.45, 2.75) is 26.9 Å². The van der Waals surface area contributed by atoms with E-state index in [1.807, 2.05) is 0 Å². The minimum absolute atomic E-state index is 0.0674. The van der Waals surface area contributed by atoms with E-state index in [4.69, 9.17) is 15.3 Å². The third-order valence-electron chi connectivity index (χ3n) is 2.32. The number of carboxylic acids is 2. The van der Waals surface area contributed by atoms with Crippen molar-refractivity contribution in [3.8, 4) is 0 Å². The summed E-state index contributed by atoms with van der Waals surface area (Å²) in [6.07, 6.45) is -1.57. The fourth-order valence-corrected chi connectivity index (χ4v) is 0.961. The van der Waals surface area contributed by atoms with Crippen molar-refractivity contribution in [3.63, 3.8) is 0 Å². The molecule has 3 N–H and O–H groups in total. The van der Waals surface area contributed by atoms with Crippen LogP contribution in [-0.4, -0.2) is 33.4 Å². The number of aliphatic hydroxyl groups is 1. The summed E-state index contributed by atoms with van der Waals surface area (Å²) < 4.78 is 0. The van der Waals surface area contributed by atoms with Gasteiger partial charge in [-0.05, 0) is 13.8 Å². The molecular weight excluding hydrogens is 188 g/mol. The second-order valence-corrected chi connectivity index (χ2v) is 3.18. The molecule has 80 valence electrons. The number of hydrogen-bond donors (Lipinski definition) is 3. The summed E-state index contributed by atoms with van der Waals surface area (Å²) in [5.74, 6) is -3.16. The Morgan fingerprint density at radius 2 is 1.57 bits per heavy atom. The first-order valence-electron chi connectivity index (χ1n) is 4.10. The van der Waals surface area contributed by atoms with Crippen LogP contribution < -0.4 is 0 Å². The Bertz CT molecular complexity index is 279. The molecule has 0 heterocycles. The predicted molar refractivity (Wildman–Crippen MR) is 48.8 cm³/mol. The van der Waals surface area contributed by atoms with Crippen molar-refractivity contribution in [2.75, 3.05) is 0 Å². The summed E-state index contributed by atoms with van der Waals surface area (Å²) in [7, 11) is 0. The van der Waals surface area contributed by atoms with Crippen LogP contribution in [0.1, 0.15) is 20.8 Å². The zero-order valence-electron chi connectivity index (χ0n) is 8.31. The quantitative estimate of drug-likeness (QED) is 0.576. The second kappa shape index (κ2) is 4.76. The summed E-state index contributed by atoms with van der Waals surface area (Å²) in [5, 5.41) is 26.3. The van der Waals surface area contributed by atoms with Gasteiger partial charge in [0.1, 0.15) is 0 Å². The molecule has 0 saturated carbocycles. The molecule has 5 nitrogen and oxygen atoms in total. The lowest BCUT2D eigenvalue weighted by Gasteiger charge is -2.16. The Kier molecular flexibility index (Phi) is 4.30. The van der Waals surface area contributed by atoms with Gasteiger partial charge in [-0.3, -0.25) is 0 Å². The van der Waals surface area contributed by atoms with Gasteiger partial charge >= 0.3 is 11.9 Å². The van der Waals surface area contributed by atoms with E-state index in [9.17, 15) is 9.59 Å². The molecular formula is C9H14O5. The average Bonchev–Trinajstić information content (AvgIpc) is 2.12. The Balaban J connectivity index is 4.86. The van der Waals surface area contributed by atoms with Gasteiger partial charge < -0.3 is 15.3 Å². The number of aliphatic carboxylic acids is 2. The highest BCUT2D eigenvalue weighted by atomic mass is 16.4.